The highest BCUT2D eigenvalue weighted by Gasteiger charge is 2.28. The molecule has 1 saturated heterocycles. The summed E-state index contributed by atoms with van der Waals surface area (Å²) in [6.07, 6.45) is 3.96. The van der Waals surface area contributed by atoms with Gasteiger partial charge in [-0.15, -0.1) is 0 Å². The zero-order valence-electron chi connectivity index (χ0n) is 10.1. The quantitative estimate of drug-likeness (QED) is 0.733. The second kappa shape index (κ2) is 5.13. The minimum absolute atomic E-state index is 0.555. The average Bonchev–Trinajstić information content (AvgIpc) is 2.45. The average molecular weight is 198 g/mol. The minimum atomic E-state index is 0.555. The maximum Gasteiger partial charge on any atom is 0.00332 e. The first-order chi connectivity index (χ1) is 6.53. The summed E-state index contributed by atoms with van der Waals surface area (Å²) in [4.78, 5) is 2.60. The van der Waals surface area contributed by atoms with Crippen molar-refractivity contribution in [1.82, 2.24) is 4.90 Å². The first kappa shape index (κ1) is 12.0. The molecule has 84 valence electrons. The van der Waals surface area contributed by atoms with E-state index in [9.17, 15) is 0 Å². The molecule has 1 fully saturated rings. The molecule has 0 amide bonds. The fraction of sp³-hybridized carbons (Fsp3) is 1.00. The Morgan fingerprint density at radius 1 is 1.43 bits per heavy atom. The molecule has 14 heavy (non-hydrogen) atoms. The van der Waals surface area contributed by atoms with Gasteiger partial charge in [-0.2, -0.15) is 0 Å². The van der Waals surface area contributed by atoms with Crippen molar-refractivity contribution in [2.45, 2.75) is 40.0 Å². The maximum atomic E-state index is 5.60. The topological polar surface area (TPSA) is 29.3 Å². The number of likely N-dealkylation sites (tertiary alicyclic amines) is 1. The lowest BCUT2D eigenvalue weighted by molar-refractivity contribution is 0.280. The summed E-state index contributed by atoms with van der Waals surface area (Å²) in [6, 6.07) is 0. The molecule has 2 N–H and O–H groups in total. The fourth-order valence-electron chi connectivity index (χ4n) is 2.20. The molecule has 0 bridgehead atoms. The highest BCUT2D eigenvalue weighted by molar-refractivity contribution is 4.82. The van der Waals surface area contributed by atoms with Gasteiger partial charge in [-0.05, 0) is 50.2 Å². The Hall–Kier alpha value is -0.0800. The predicted molar refractivity (Wildman–Crippen MR) is 62.3 cm³/mol. The summed E-state index contributed by atoms with van der Waals surface area (Å²) in [7, 11) is 0. The molecule has 0 spiro atoms. The van der Waals surface area contributed by atoms with Crippen molar-refractivity contribution in [1.29, 1.82) is 0 Å². The van der Waals surface area contributed by atoms with Gasteiger partial charge < -0.3 is 10.6 Å². The largest absolute Gasteiger partial charge is 0.330 e. The molecule has 1 atom stereocenters. The summed E-state index contributed by atoms with van der Waals surface area (Å²) in [5.74, 6) is 0.700. The first-order valence-electron chi connectivity index (χ1n) is 5.96. The molecule has 1 rings (SSSR count). The van der Waals surface area contributed by atoms with Crippen molar-refractivity contribution in [3.63, 3.8) is 0 Å². The van der Waals surface area contributed by atoms with Crippen molar-refractivity contribution < 1.29 is 0 Å². The summed E-state index contributed by atoms with van der Waals surface area (Å²) < 4.78 is 0. The van der Waals surface area contributed by atoms with Gasteiger partial charge in [0.25, 0.3) is 0 Å². The molecular formula is C12H26N2. The molecule has 0 aromatic heterocycles. The van der Waals surface area contributed by atoms with E-state index in [4.69, 9.17) is 5.73 Å². The Morgan fingerprint density at radius 2 is 2.14 bits per heavy atom. The van der Waals surface area contributed by atoms with Crippen LogP contribution in [0.5, 0.6) is 0 Å². The van der Waals surface area contributed by atoms with Gasteiger partial charge in [-0.3, -0.25) is 0 Å². The molecule has 1 heterocycles. The lowest BCUT2D eigenvalue weighted by Crippen LogP contribution is -2.25. The Morgan fingerprint density at radius 3 is 2.64 bits per heavy atom. The molecular weight excluding hydrogens is 172 g/mol. The molecule has 2 nitrogen and oxygen atoms in total. The molecule has 0 aromatic carbocycles. The minimum Gasteiger partial charge on any atom is -0.330 e. The van der Waals surface area contributed by atoms with E-state index >= 15 is 0 Å². The van der Waals surface area contributed by atoms with Crippen molar-refractivity contribution in [2.75, 3.05) is 26.2 Å². The van der Waals surface area contributed by atoms with E-state index in [1.807, 2.05) is 0 Å². The van der Waals surface area contributed by atoms with E-state index < -0.39 is 0 Å². The number of rotatable bonds is 5. The van der Waals surface area contributed by atoms with Crippen molar-refractivity contribution in [3.05, 3.63) is 0 Å². The zero-order valence-corrected chi connectivity index (χ0v) is 10.1. The molecule has 1 aliphatic heterocycles. The summed E-state index contributed by atoms with van der Waals surface area (Å²) in [5.41, 5.74) is 6.15. The molecule has 0 saturated carbocycles. The molecule has 1 aliphatic rings. The molecule has 0 aliphatic carbocycles. The normalized spacial score (nSPS) is 24.0. The smallest absolute Gasteiger partial charge is 0.00332 e. The molecule has 0 radical (unpaired) electrons. The van der Waals surface area contributed by atoms with Gasteiger partial charge in [0.1, 0.15) is 0 Å². The van der Waals surface area contributed by atoms with Crippen molar-refractivity contribution in [2.24, 2.45) is 17.1 Å². The van der Waals surface area contributed by atoms with Gasteiger partial charge in [-0.25, -0.2) is 0 Å². The molecule has 2 heteroatoms. The van der Waals surface area contributed by atoms with Crippen LogP contribution in [0, 0.1) is 11.3 Å². The second-order valence-electron chi connectivity index (χ2n) is 5.67. The van der Waals surface area contributed by atoms with E-state index in [1.54, 1.807) is 0 Å². The van der Waals surface area contributed by atoms with Gasteiger partial charge in [0.2, 0.25) is 0 Å². The highest BCUT2D eigenvalue weighted by atomic mass is 15.1. The summed E-state index contributed by atoms with van der Waals surface area (Å²) in [5, 5.41) is 0. The fourth-order valence-corrected chi connectivity index (χ4v) is 2.20. The Kier molecular flexibility index (Phi) is 4.39. The third-order valence-electron chi connectivity index (χ3n) is 3.33. The van der Waals surface area contributed by atoms with E-state index in [0.29, 0.717) is 11.3 Å². The molecule has 1 unspecified atom stereocenters. The van der Waals surface area contributed by atoms with Gasteiger partial charge in [0.15, 0.2) is 0 Å². The van der Waals surface area contributed by atoms with E-state index in [-0.39, 0.29) is 0 Å². The van der Waals surface area contributed by atoms with E-state index in [0.717, 1.165) is 6.54 Å². The zero-order chi connectivity index (χ0) is 10.6. The van der Waals surface area contributed by atoms with Crippen LogP contribution < -0.4 is 5.73 Å². The number of nitrogens with zero attached hydrogens (tertiary/aromatic N) is 1. The lowest BCUT2D eigenvalue weighted by atomic mass is 9.93. The van der Waals surface area contributed by atoms with Crippen LogP contribution in [0.25, 0.3) is 0 Å². The number of hydrogen-bond donors (Lipinski definition) is 1. The Labute approximate surface area is 88.8 Å². The van der Waals surface area contributed by atoms with Crippen LogP contribution in [0.3, 0.4) is 0 Å². The lowest BCUT2D eigenvalue weighted by Gasteiger charge is -2.20. The predicted octanol–water partition coefficient (Wildman–Crippen LogP) is 2.09. The highest BCUT2D eigenvalue weighted by Crippen LogP contribution is 2.28. The molecule has 0 aromatic rings. The van der Waals surface area contributed by atoms with Crippen molar-refractivity contribution >= 4 is 0 Å². The number of nitrogens with two attached hydrogens (primary N) is 1. The van der Waals surface area contributed by atoms with Gasteiger partial charge in [-0.1, -0.05) is 20.8 Å². The SMILES string of the molecule is CC(CN)CCCN1CCC(C)(C)C1. The van der Waals surface area contributed by atoms with Crippen LogP contribution in [-0.4, -0.2) is 31.1 Å². The maximum absolute atomic E-state index is 5.60. The van der Waals surface area contributed by atoms with Gasteiger partial charge in [0, 0.05) is 6.54 Å². The summed E-state index contributed by atoms with van der Waals surface area (Å²) >= 11 is 0. The second-order valence-corrected chi connectivity index (χ2v) is 5.67. The number of hydrogen-bond acceptors (Lipinski definition) is 2. The third kappa shape index (κ3) is 3.97. The van der Waals surface area contributed by atoms with E-state index in [2.05, 4.69) is 25.7 Å². The van der Waals surface area contributed by atoms with Gasteiger partial charge in [0.05, 0.1) is 0 Å². The van der Waals surface area contributed by atoms with Crippen LogP contribution in [0.1, 0.15) is 40.0 Å². The van der Waals surface area contributed by atoms with Crippen LogP contribution >= 0.6 is 0 Å². The third-order valence-corrected chi connectivity index (χ3v) is 3.33. The van der Waals surface area contributed by atoms with Crippen molar-refractivity contribution in [3.8, 4) is 0 Å². The standard InChI is InChI=1S/C12H26N2/c1-11(9-13)5-4-7-14-8-6-12(2,3)10-14/h11H,4-10,13H2,1-3H3. The van der Waals surface area contributed by atoms with Gasteiger partial charge >= 0.3 is 0 Å². The Balaban J connectivity index is 2.09. The monoisotopic (exact) mass is 198 g/mol. The summed E-state index contributed by atoms with van der Waals surface area (Å²) in [6.45, 7) is 11.7. The van der Waals surface area contributed by atoms with Crippen LogP contribution in [0.2, 0.25) is 0 Å². The van der Waals surface area contributed by atoms with Crippen LogP contribution in [-0.2, 0) is 0 Å². The van der Waals surface area contributed by atoms with E-state index in [1.165, 1.54) is 38.9 Å². The van der Waals surface area contributed by atoms with Crippen LogP contribution in [0.15, 0.2) is 0 Å². The van der Waals surface area contributed by atoms with Crippen LogP contribution in [0.4, 0.5) is 0 Å². The Bertz CT molecular complexity index is 166. The first-order valence-corrected chi connectivity index (χ1v) is 5.96.